The molecule has 0 bridgehead atoms. The van der Waals surface area contributed by atoms with E-state index in [-0.39, 0.29) is 11.3 Å². The first-order valence-electron chi connectivity index (χ1n) is 9.97. The minimum atomic E-state index is -0.717. The third-order valence-electron chi connectivity index (χ3n) is 5.61. The fourth-order valence-corrected chi connectivity index (χ4v) is 4.00. The highest BCUT2D eigenvalue weighted by atomic mass is 16.5. The van der Waals surface area contributed by atoms with Gasteiger partial charge < -0.3 is 28.8 Å². The number of nitrogens with one attached hydrogen (secondary N) is 1. The van der Waals surface area contributed by atoms with Gasteiger partial charge in [0.1, 0.15) is 18.8 Å². The van der Waals surface area contributed by atoms with Gasteiger partial charge in [0.15, 0.2) is 11.5 Å². The Hall–Kier alpha value is -3.10. The van der Waals surface area contributed by atoms with Crippen LogP contribution in [0.1, 0.15) is 22.2 Å². The molecule has 2 aliphatic heterocycles. The predicted octanol–water partition coefficient (Wildman–Crippen LogP) is 0.782. The lowest BCUT2D eigenvalue weighted by Gasteiger charge is -2.30. The van der Waals surface area contributed by atoms with Crippen molar-refractivity contribution in [2.45, 2.75) is 6.04 Å². The number of hydrogen-bond donors (Lipinski definition) is 2. The van der Waals surface area contributed by atoms with Crippen LogP contribution in [0.15, 0.2) is 58.4 Å². The molecule has 3 heterocycles. The molecule has 8 nitrogen and oxygen atoms in total. The van der Waals surface area contributed by atoms with E-state index in [0.29, 0.717) is 37.6 Å². The van der Waals surface area contributed by atoms with Crippen molar-refractivity contribution in [2.75, 3.05) is 46.5 Å². The molecular formula is C22H25N2O6+. The van der Waals surface area contributed by atoms with Crippen molar-refractivity contribution in [1.82, 2.24) is 4.90 Å². The Kier molecular flexibility index (Phi) is 5.87. The third-order valence-corrected chi connectivity index (χ3v) is 5.61. The van der Waals surface area contributed by atoms with Crippen LogP contribution in [0.25, 0.3) is 0 Å². The lowest BCUT2D eigenvalue weighted by atomic mass is 9.95. The minimum absolute atomic E-state index is 0.0279. The number of methoxy groups -OCH3 is 1. The Morgan fingerprint density at radius 1 is 1.27 bits per heavy atom. The number of hydrogen-bond acceptors (Lipinski definition) is 6. The fourth-order valence-electron chi connectivity index (χ4n) is 4.00. The molecule has 0 spiro atoms. The minimum Gasteiger partial charge on any atom is -0.503 e. The van der Waals surface area contributed by atoms with Gasteiger partial charge in [-0.1, -0.05) is 12.1 Å². The van der Waals surface area contributed by atoms with Crippen LogP contribution in [0, 0.1) is 0 Å². The summed E-state index contributed by atoms with van der Waals surface area (Å²) in [5.41, 5.74) is 0.721. The van der Waals surface area contributed by atoms with Gasteiger partial charge in [0.25, 0.3) is 5.91 Å². The maximum atomic E-state index is 13.1. The smallest absolute Gasteiger partial charge is 0.290 e. The standard InChI is InChI=1S/C22H24N2O6/c1-28-16-5-2-4-15(14-16)19-18(20(25)17-6-3-11-30-17)21(26)22(27)24(19)8-7-23-9-12-29-13-10-23/h2-6,11,14,19,26H,7-10,12-13H2,1H3/p+1/t19-/m1/s1. The normalized spacial score (nSPS) is 20.1. The second-order valence-electron chi connectivity index (χ2n) is 7.36. The number of carbonyl (C=O) groups excluding carboxylic acids is 2. The molecule has 1 amide bonds. The van der Waals surface area contributed by atoms with Crippen LogP contribution >= 0.6 is 0 Å². The van der Waals surface area contributed by atoms with Gasteiger partial charge in [-0.15, -0.1) is 0 Å². The number of quaternary nitrogens is 1. The first-order valence-corrected chi connectivity index (χ1v) is 9.97. The monoisotopic (exact) mass is 413 g/mol. The first-order chi connectivity index (χ1) is 14.6. The van der Waals surface area contributed by atoms with E-state index in [4.69, 9.17) is 13.9 Å². The largest absolute Gasteiger partial charge is 0.503 e. The quantitative estimate of drug-likeness (QED) is 0.652. The summed E-state index contributed by atoms with van der Waals surface area (Å²) in [6, 6.07) is 9.60. The molecule has 0 radical (unpaired) electrons. The molecule has 0 unspecified atom stereocenters. The van der Waals surface area contributed by atoms with Crippen molar-refractivity contribution in [1.29, 1.82) is 0 Å². The van der Waals surface area contributed by atoms with Crippen molar-refractivity contribution in [3.8, 4) is 5.75 Å². The van der Waals surface area contributed by atoms with Crippen LogP contribution in [0.3, 0.4) is 0 Å². The summed E-state index contributed by atoms with van der Waals surface area (Å²) in [5.74, 6) is -0.890. The molecule has 1 saturated heterocycles. The van der Waals surface area contributed by atoms with Gasteiger partial charge in [0.2, 0.25) is 5.78 Å². The molecule has 1 atom stereocenters. The lowest BCUT2D eigenvalue weighted by molar-refractivity contribution is -0.907. The van der Waals surface area contributed by atoms with Crippen molar-refractivity contribution < 1.29 is 33.5 Å². The van der Waals surface area contributed by atoms with Crippen LogP contribution in [0.4, 0.5) is 0 Å². The number of nitrogens with zero attached hydrogens (tertiary/aromatic N) is 1. The highest BCUT2D eigenvalue weighted by molar-refractivity contribution is 6.15. The van der Waals surface area contributed by atoms with Crippen molar-refractivity contribution in [2.24, 2.45) is 0 Å². The lowest BCUT2D eigenvalue weighted by Crippen LogP contribution is -3.14. The summed E-state index contributed by atoms with van der Waals surface area (Å²) in [6.45, 7) is 4.20. The Morgan fingerprint density at radius 2 is 2.07 bits per heavy atom. The van der Waals surface area contributed by atoms with Gasteiger partial charge in [-0.05, 0) is 29.8 Å². The molecular weight excluding hydrogens is 388 g/mol. The summed E-state index contributed by atoms with van der Waals surface area (Å²) < 4.78 is 16.0. The number of aliphatic hydroxyl groups excluding tert-OH is 1. The van der Waals surface area contributed by atoms with E-state index in [1.54, 1.807) is 36.3 Å². The van der Waals surface area contributed by atoms with Crippen LogP contribution in [-0.4, -0.2) is 68.2 Å². The van der Waals surface area contributed by atoms with E-state index in [1.807, 2.05) is 6.07 Å². The van der Waals surface area contributed by atoms with E-state index in [9.17, 15) is 14.7 Å². The number of amides is 1. The molecule has 0 saturated carbocycles. The number of aliphatic hydroxyl groups is 1. The van der Waals surface area contributed by atoms with E-state index < -0.39 is 23.5 Å². The van der Waals surface area contributed by atoms with Crippen LogP contribution in [0.2, 0.25) is 0 Å². The number of furan rings is 1. The van der Waals surface area contributed by atoms with Crippen molar-refractivity contribution in [3.05, 3.63) is 65.3 Å². The summed E-state index contributed by atoms with van der Waals surface area (Å²) in [6.07, 6.45) is 1.39. The molecule has 4 rings (SSSR count). The van der Waals surface area contributed by atoms with Crippen molar-refractivity contribution >= 4 is 11.7 Å². The SMILES string of the molecule is COc1cccc([C@@H]2C(C(=O)c3ccco3)=C(O)C(=O)N2CC[NH+]2CCOCC2)c1. The number of rotatable bonds is 7. The summed E-state index contributed by atoms with van der Waals surface area (Å²) in [4.78, 5) is 29.0. The van der Waals surface area contributed by atoms with E-state index in [1.165, 1.54) is 17.2 Å². The van der Waals surface area contributed by atoms with E-state index in [0.717, 1.165) is 13.1 Å². The number of ketones is 1. The zero-order valence-electron chi connectivity index (χ0n) is 16.8. The van der Waals surface area contributed by atoms with E-state index in [2.05, 4.69) is 0 Å². The molecule has 2 aromatic rings. The van der Waals surface area contributed by atoms with Crippen LogP contribution < -0.4 is 9.64 Å². The van der Waals surface area contributed by atoms with Crippen molar-refractivity contribution in [3.63, 3.8) is 0 Å². The number of Topliss-reactive ketones (excluding diaryl/α,β-unsaturated/α-hetero) is 1. The second-order valence-corrected chi connectivity index (χ2v) is 7.36. The average Bonchev–Trinajstić information content (AvgIpc) is 3.40. The van der Waals surface area contributed by atoms with Crippen LogP contribution in [-0.2, 0) is 9.53 Å². The first kappa shape index (κ1) is 20.2. The Morgan fingerprint density at radius 3 is 2.77 bits per heavy atom. The molecule has 1 aromatic heterocycles. The van der Waals surface area contributed by atoms with Gasteiger partial charge in [-0.25, -0.2) is 0 Å². The van der Waals surface area contributed by atoms with Gasteiger partial charge in [-0.2, -0.15) is 0 Å². The highest BCUT2D eigenvalue weighted by Gasteiger charge is 2.44. The molecule has 1 fully saturated rings. The number of carbonyl (C=O) groups is 2. The summed E-state index contributed by atoms with van der Waals surface area (Å²) >= 11 is 0. The molecule has 158 valence electrons. The van der Waals surface area contributed by atoms with Gasteiger partial charge >= 0.3 is 0 Å². The average molecular weight is 413 g/mol. The number of benzene rings is 1. The molecule has 2 aliphatic rings. The maximum absolute atomic E-state index is 13.1. The molecule has 1 aromatic carbocycles. The summed E-state index contributed by atoms with van der Waals surface area (Å²) in [5, 5.41) is 10.7. The summed E-state index contributed by atoms with van der Waals surface area (Å²) in [7, 11) is 1.56. The fraction of sp³-hybridized carbons (Fsp3) is 0.364. The van der Waals surface area contributed by atoms with Crippen LogP contribution in [0.5, 0.6) is 5.75 Å². The Balaban J connectivity index is 1.68. The van der Waals surface area contributed by atoms with E-state index >= 15 is 0 Å². The van der Waals surface area contributed by atoms with Gasteiger partial charge in [0, 0.05) is 0 Å². The Bertz CT molecular complexity index is 946. The topological polar surface area (TPSA) is 93.7 Å². The zero-order valence-corrected chi connectivity index (χ0v) is 16.8. The number of ether oxygens (including phenoxy) is 2. The number of morpholine rings is 1. The van der Waals surface area contributed by atoms with Gasteiger partial charge in [0.05, 0.1) is 51.3 Å². The second kappa shape index (κ2) is 8.73. The molecule has 30 heavy (non-hydrogen) atoms. The molecule has 2 N–H and O–H groups in total. The third kappa shape index (κ3) is 3.83. The van der Waals surface area contributed by atoms with Gasteiger partial charge in [-0.3, -0.25) is 9.59 Å². The molecule has 8 heteroatoms. The predicted molar refractivity (Wildman–Crippen MR) is 107 cm³/mol. The molecule has 0 aliphatic carbocycles. The highest BCUT2D eigenvalue weighted by Crippen LogP contribution is 2.39. The Labute approximate surface area is 174 Å². The maximum Gasteiger partial charge on any atom is 0.290 e. The zero-order chi connectivity index (χ0) is 21.1.